The molecule has 1 aromatic carbocycles. The molecule has 1 aliphatic rings. The molecule has 0 amide bonds. The summed E-state index contributed by atoms with van der Waals surface area (Å²) in [5.41, 5.74) is 1.20. The Kier molecular flexibility index (Phi) is 4.66. The minimum absolute atomic E-state index is 0.215. The number of methoxy groups -OCH3 is 2. The fraction of sp³-hybridized carbons (Fsp3) is 0.600. The van der Waals surface area contributed by atoms with Gasteiger partial charge >= 0.3 is 0 Å². The van der Waals surface area contributed by atoms with Crippen molar-refractivity contribution in [3.8, 4) is 11.5 Å². The Morgan fingerprint density at radius 2 is 2.11 bits per heavy atom. The van der Waals surface area contributed by atoms with Crippen molar-refractivity contribution in [2.45, 2.75) is 25.3 Å². The molecule has 1 heterocycles. The Morgan fingerprint density at radius 3 is 2.74 bits per heavy atom. The maximum Gasteiger partial charge on any atom is 0.122 e. The lowest BCUT2D eigenvalue weighted by atomic mass is 9.95. The summed E-state index contributed by atoms with van der Waals surface area (Å²) < 4.78 is 10.8. The summed E-state index contributed by atoms with van der Waals surface area (Å²) in [4.78, 5) is 2.32. The van der Waals surface area contributed by atoms with Gasteiger partial charge in [0.05, 0.1) is 20.8 Å². The first kappa shape index (κ1) is 14.2. The molecule has 0 spiro atoms. The first-order valence-corrected chi connectivity index (χ1v) is 6.76. The van der Waals surface area contributed by atoms with E-state index >= 15 is 0 Å². The second-order valence-corrected chi connectivity index (χ2v) is 5.11. The highest BCUT2D eigenvalue weighted by molar-refractivity contribution is 5.43. The molecule has 1 saturated heterocycles. The van der Waals surface area contributed by atoms with Crippen molar-refractivity contribution in [2.24, 2.45) is 0 Å². The molecule has 106 valence electrons. The van der Waals surface area contributed by atoms with Gasteiger partial charge in [-0.1, -0.05) is 0 Å². The van der Waals surface area contributed by atoms with Crippen LogP contribution in [-0.4, -0.2) is 50.0 Å². The molecule has 2 unspecified atom stereocenters. The Labute approximate surface area is 114 Å². The fourth-order valence-electron chi connectivity index (χ4n) is 2.92. The predicted molar refractivity (Wildman–Crippen MR) is 75.0 cm³/mol. The topological polar surface area (TPSA) is 41.9 Å². The highest BCUT2D eigenvalue weighted by atomic mass is 16.5. The van der Waals surface area contributed by atoms with Crippen molar-refractivity contribution in [3.63, 3.8) is 0 Å². The zero-order chi connectivity index (χ0) is 13.8. The van der Waals surface area contributed by atoms with Gasteiger partial charge in [0, 0.05) is 30.6 Å². The molecule has 1 aromatic rings. The monoisotopic (exact) mass is 265 g/mol. The lowest BCUT2D eigenvalue weighted by Gasteiger charge is -2.19. The van der Waals surface area contributed by atoms with E-state index in [1.54, 1.807) is 14.2 Å². The van der Waals surface area contributed by atoms with Gasteiger partial charge in [0.15, 0.2) is 0 Å². The molecule has 1 fully saturated rings. The largest absolute Gasteiger partial charge is 0.497 e. The maximum atomic E-state index is 9.10. The zero-order valence-corrected chi connectivity index (χ0v) is 11.9. The van der Waals surface area contributed by atoms with Crippen LogP contribution >= 0.6 is 0 Å². The van der Waals surface area contributed by atoms with E-state index in [2.05, 4.69) is 17.9 Å². The molecule has 1 aliphatic heterocycles. The first-order valence-electron chi connectivity index (χ1n) is 6.76. The first-order chi connectivity index (χ1) is 9.19. The van der Waals surface area contributed by atoms with Crippen LogP contribution < -0.4 is 9.47 Å². The zero-order valence-electron chi connectivity index (χ0n) is 11.9. The van der Waals surface area contributed by atoms with E-state index in [1.807, 2.05) is 12.1 Å². The molecule has 0 radical (unpaired) electrons. The van der Waals surface area contributed by atoms with Crippen LogP contribution in [0.3, 0.4) is 0 Å². The van der Waals surface area contributed by atoms with Gasteiger partial charge < -0.3 is 14.6 Å². The second-order valence-electron chi connectivity index (χ2n) is 5.11. The van der Waals surface area contributed by atoms with E-state index in [0.717, 1.165) is 31.0 Å². The third kappa shape index (κ3) is 3.01. The number of rotatable bonds is 5. The summed E-state index contributed by atoms with van der Waals surface area (Å²) in [6, 6.07) is 6.45. The van der Waals surface area contributed by atoms with Crippen molar-refractivity contribution in [2.75, 3.05) is 33.9 Å². The van der Waals surface area contributed by atoms with Gasteiger partial charge in [0.25, 0.3) is 0 Å². The van der Waals surface area contributed by atoms with Gasteiger partial charge in [-0.15, -0.1) is 0 Å². The average molecular weight is 265 g/mol. The van der Waals surface area contributed by atoms with Gasteiger partial charge in [-0.3, -0.25) is 4.90 Å². The van der Waals surface area contributed by atoms with E-state index in [1.165, 1.54) is 5.56 Å². The van der Waals surface area contributed by atoms with Gasteiger partial charge in [-0.2, -0.15) is 0 Å². The normalized spacial score (nSPS) is 23.6. The molecular weight excluding hydrogens is 242 g/mol. The highest BCUT2D eigenvalue weighted by Crippen LogP contribution is 2.38. The van der Waals surface area contributed by atoms with Crippen LogP contribution in [0.2, 0.25) is 0 Å². The minimum Gasteiger partial charge on any atom is -0.497 e. The number of aliphatic hydroxyl groups is 1. The van der Waals surface area contributed by atoms with Crippen LogP contribution in [0.25, 0.3) is 0 Å². The number of aliphatic hydroxyl groups excluding tert-OH is 1. The molecule has 4 nitrogen and oxygen atoms in total. The van der Waals surface area contributed by atoms with E-state index in [9.17, 15) is 0 Å². The van der Waals surface area contributed by atoms with Crippen molar-refractivity contribution < 1.29 is 14.6 Å². The number of ether oxygens (including phenoxy) is 2. The van der Waals surface area contributed by atoms with E-state index < -0.39 is 0 Å². The van der Waals surface area contributed by atoms with Crippen LogP contribution in [-0.2, 0) is 0 Å². The second kappa shape index (κ2) is 6.26. The van der Waals surface area contributed by atoms with Gasteiger partial charge in [0.1, 0.15) is 11.5 Å². The summed E-state index contributed by atoms with van der Waals surface area (Å²) in [5, 5.41) is 9.10. The third-order valence-corrected chi connectivity index (χ3v) is 3.97. The molecule has 4 heteroatoms. The van der Waals surface area contributed by atoms with Gasteiger partial charge in [-0.05, 0) is 31.5 Å². The number of β-amino-alcohol motifs (C(OH)–C–C–N with tert-alkyl or cyclic N) is 1. The molecule has 0 saturated carbocycles. The summed E-state index contributed by atoms with van der Waals surface area (Å²) in [5.74, 6) is 2.22. The molecule has 2 rings (SSSR count). The van der Waals surface area contributed by atoms with Gasteiger partial charge in [-0.25, -0.2) is 0 Å². The van der Waals surface area contributed by atoms with Crippen LogP contribution in [0.15, 0.2) is 18.2 Å². The Morgan fingerprint density at radius 1 is 1.32 bits per heavy atom. The van der Waals surface area contributed by atoms with Gasteiger partial charge in [0.2, 0.25) is 0 Å². The van der Waals surface area contributed by atoms with E-state index in [0.29, 0.717) is 12.0 Å². The summed E-state index contributed by atoms with van der Waals surface area (Å²) in [6.07, 6.45) is 1.09. The lowest BCUT2D eigenvalue weighted by Crippen LogP contribution is -2.29. The van der Waals surface area contributed by atoms with Crippen LogP contribution in [0, 0.1) is 0 Å². The average Bonchev–Trinajstić information content (AvgIpc) is 2.80. The lowest BCUT2D eigenvalue weighted by molar-refractivity contribution is 0.191. The van der Waals surface area contributed by atoms with Crippen LogP contribution in [0.5, 0.6) is 11.5 Å². The smallest absolute Gasteiger partial charge is 0.122 e. The molecule has 0 aliphatic carbocycles. The fourth-order valence-corrected chi connectivity index (χ4v) is 2.92. The quantitative estimate of drug-likeness (QED) is 0.882. The van der Waals surface area contributed by atoms with Crippen LogP contribution in [0.1, 0.15) is 24.8 Å². The maximum absolute atomic E-state index is 9.10. The Hall–Kier alpha value is -1.26. The molecule has 0 aromatic heterocycles. The van der Waals surface area contributed by atoms with Crippen molar-refractivity contribution in [1.29, 1.82) is 0 Å². The predicted octanol–water partition coefficient (Wildman–Crippen LogP) is 1.87. The third-order valence-electron chi connectivity index (χ3n) is 3.97. The Balaban J connectivity index is 2.21. The summed E-state index contributed by atoms with van der Waals surface area (Å²) in [6.45, 7) is 4.13. The summed E-state index contributed by atoms with van der Waals surface area (Å²) in [7, 11) is 3.39. The number of benzene rings is 1. The minimum atomic E-state index is 0.215. The standard InChI is InChI=1S/C15H23NO3/c1-11-8-12(10-16(11)6-7-17)14-9-13(18-2)4-5-15(14)19-3/h4-5,9,11-12,17H,6-8,10H2,1-3H3. The number of nitrogens with zero attached hydrogens (tertiary/aromatic N) is 1. The van der Waals surface area contributed by atoms with Crippen molar-refractivity contribution >= 4 is 0 Å². The SMILES string of the molecule is COc1ccc(OC)c(C2CC(C)N(CCO)C2)c1. The molecule has 1 N–H and O–H groups in total. The Bertz CT molecular complexity index is 422. The van der Waals surface area contributed by atoms with E-state index in [-0.39, 0.29) is 6.61 Å². The highest BCUT2D eigenvalue weighted by Gasteiger charge is 2.31. The summed E-state index contributed by atoms with van der Waals surface area (Å²) >= 11 is 0. The molecule has 0 bridgehead atoms. The van der Waals surface area contributed by atoms with E-state index in [4.69, 9.17) is 14.6 Å². The number of hydrogen-bond acceptors (Lipinski definition) is 4. The molecule has 2 atom stereocenters. The molecule has 19 heavy (non-hydrogen) atoms. The number of likely N-dealkylation sites (tertiary alicyclic amines) is 1. The van der Waals surface area contributed by atoms with Crippen LogP contribution in [0.4, 0.5) is 0 Å². The van der Waals surface area contributed by atoms with Crippen molar-refractivity contribution in [1.82, 2.24) is 4.90 Å². The number of hydrogen-bond donors (Lipinski definition) is 1. The van der Waals surface area contributed by atoms with Crippen molar-refractivity contribution in [3.05, 3.63) is 23.8 Å². The molecular formula is C15H23NO3.